The molecule has 1 aromatic carbocycles. The molecule has 0 spiro atoms. The average molecular weight is 389 g/mol. The normalized spacial score (nSPS) is 15.3. The molecule has 24 heavy (non-hydrogen) atoms. The maximum absolute atomic E-state index is 12.4. The standard InChI is InChI=1S/C18H21BrN4O/c1-14-4-5-16(11-17(14)19)21-18(24)23-9-7-22(8-10-23)13-15-3-2-6-20-12-15/h2-6,11-12H,7-10,13H2,1H3,(H,21,24). The minimum atomic E-state index is -0.0354. The largest absolute Gasteiger partial charge is 0.322 e. The van der Waals surface area contributed by atoms with Crippen molar-refractivity contribution in [2.75, 3.05) is 31.5 Å². The van der Waals surface area contributed by atoms with E-state index in [1.807, 2.05) is 42.3 Å². The molecule has 1 N–H and O–H groups in total. The first kappa shape index (κ1) is 16.9. The van der Waals surface area contributed by atoms with Gasteiger partial charge in [-0.3, -0.25) is 9.88 Å². The van der Waals surface area contributed by atoms with Crippen molar-refractivity contribution in [2.24, 2.45) is 0 Å². The first-order valence-corrected chi connectivity index (χ1v) is 8.84. The first-order valence-electron chi connectivity index (χ1n) is 8.05. The molecule has 0 aliphatic carbocycles. The smallest absolute Gasteiger partial charge is 0.321 e. The highest BCUT2D eigenvalue weighted by Crippen LogP contribution is 2.21. The molecule has 2 aromatic rings. The monoisotopic (exact) mass is 388 g/mol. The van der Waals surface area contributed by atoms with Gasteiger partial charge in [0.1, 0.15) is 0 Å². The van der Waals surface area contributed by atoms with Crippen molar-refractivity contribution in [1.82, 2.24) is 14.8 Å². The molecular weight excluding hydrogens is 368 g/mol. The molecular formula is C18H21BrN4O. The number of carbonyl (C=O) groups is 1. The van der Waals surface area contributed by atoms with Crippen molar-refractivity contribution >= 4 is 27.6 Å². The summed E-state index contributed by atoms with van der Waals surface area (Å²) in [6, 6.07) is 9.86. The van der Waals surface area contributed by atoms with Crippen LogP contribution in [0, 0.1) is 6.92 Å². The van der Waals surface area contributed by atoms with Gasteiger partial charge in [-0.25, -0.2) is 4.79 Å². The van der Waals surface area contributed by atoms with Crippen LogP contribution in [0.1, 0.15) is 11.1 Å². The van der Waals surface area contributed by atoms with Crippen LogP contribution in [-0.2, 0) is 6.54 Å². The summed E-state index contributed by atoms with van der Waals surface area (Å²) in [4.78, 5) is 20.8. The number of halogens is 1. The quantitative estimate of drug-likeness (QED) is 0.874. The highest BCUT2D eigenvalue weighted by atomic mass is 79.9. The summed E-state index contributed by atoms with van der Waals surface area (Å²) >= 11 is 3.49. The first-order chi connectivity index (χ1) is 11.6. The third-order valence-electron chi connectivity index (χ3n) is 4.21. The molecule has 0 radical (unpaired) electrons. The SMILES string of the molecule is Cc1ccc(NC(=O)N2CCN(Cc3cccnc3)CC2)cc1Br. The van der Waals surface area contributed by atoms with Gasteiger partial charge in [0.05, 0.1) is 0 Å². The molecule has 0 unspecified atom stereocenters. The highest BCUT2D eigenvalue weighted by molar-refractivity contribution is 9.10. The van der Waals surface area contributed by atoms with E-state index in [1.165, 1.54) is 5.56 Å². The lowest BCUT2D eigenvalue weighted by atomic mass is 10.2. The topological polar surface area (TPSA) is 48.5 Å². The third-order valence-corrected chi connectivity index (χ3v) is 5.07. The summed E-state index contributed by atoms with van der Waals surface area (Å²) in [6.45, 7) is 6.13. The molecule has 1 aliphatic rings. The highest BCUT2D eigenvalue weighted by Gasteiger charge is 2.21. The lowest BCUT2D eigenvalue weighted by molar-refractivity contribution is 0.143. The Morgan fingerprint density at radius 1 is 1.25 bits per heavy atom. The van der Waals surface area contributed by atoms with Crippen molar-refractivity contribution < 1.29 is 4.79 Å². The number of urea groups is 1. The summed E-state index contributed by atoms with van der Waals surface area (Å²) in [7, 11) is 0. The van der Waals surface area contributed by atoms with Gasteiger partial charge in [-0.15, -0.1) is 0 Å². The molecule has 5 nitrogen and oxygen atoms in total. The Morgan fingerprint density at radius 2 is 2.04 bits per heavy atom. The molecule has 0 bridgehead atoms. The number of aromatic nitrogens is 1. The Morgan fingerprint density at radius 3 is 2.71 bits per heavy atom. The van der Waals surface area contributed by atoms with Gasteiger partial charge in [0, 0.05) is 55.3 Å². The van der Waals surface area contributed by atoms with E-state index in [0.29, 0.717) is 0 Å². The van der Waals surface area contributed by atoms with Crippen LogP contribution < -0.4 is 5.32 Å². The molecule has 1 saturated heterocycles. The van der Waals surface area contributed by atoms with Gasteiger partial charge in [-0.05, 0) is 36.2 Å². The Balaban J connectivity index is 1.50. The number of hydrogen-bond donors (Lipinski definition) is 1. The van der Waals surface area contributed by atoms with Gasteiger partial charge in [-0.2, -0.15) is 0 Å². The molecule has 6 heteroatoms. The molecule has 1 aliphatic heterocycles. The number of nitrogens with zero attached hydrogens (tertiary/aromatic N) is 3. The van der Waals surface area contributed by atoms with Crippen LogP contribution in [-0.4, -0.2) is 47.0 Å². The number of aryl methyl sites for hydroxylation is 1. The predicted octanol–water partition coefficient (Wildman–Crippen LogP) is 3.50. The summed E-state index contributed by atoms with van der Waals surface area (Å²) in [5.41, 5.74) is 3.17. The minimum absolute atomic E-state index is 0.0354. The van der Waals surface area contributed by atoms with Crippen molar-refractivity contribution in [3.63, 3.8) is 0 Å². The van der Waals surface area contributed by atoms with Gasteiger partial charge >= 0.3 is 6.03 Å². The van der Waals surface area contributed by atoms with Gasteiger partial charge in [0.2, 0.25) is 0 Å². The molecule has 126 valence electrons. The lowest BCUT2D eigenvalue weighted by Crippen LogP contribution is -2.49. The molecule has 0 atom stereocenters. The van der Waals surface area contributed by atoms with Crippen LogP contribution >= 0.6 is 15.9 Å². The number of nitrogens with one attached hydrogen (secondary N) is 1. The number of pyridine rings is 1. The van der Waals surface area contributed by atoms with Crippen LogP contribution in [0.2, 0.25) is 0 Å². The number of carbonyl (C=O) groups excluding carboxylic acids is 1. The molecule has 1 aromatic heterocycles. The average Bonchev–Trinajstić information content (AvgIpc) is 2.60. The zero-order chi connectivity index (χ0) is 16.9. The second-order valence-corrected chi connectivity index (χ2v) is 6.87. The van der Waals surface area contributed by atoms with E-state index < -0.39 is 0 Å². The Kier molecular flexibility index (Phi) is 5.48. The second kappa shape index (κ2) is 7.77. The van der Waals surface area contributed by atoms with E-state index in [9.17, 15) is 4.79 Å². The number of hydrogen-bond acceptors (Lipinski definition) is 3. The van der Waals surface area contributed by atoms with Crippen molar-refractivity contribution in [1.29, 1.82) is 0 Å². The van der Waals surface area contributed by atoms with Crippen molar-refractivity contribution in [3.05, 3.63) is 58.3 Å². The van der Waals surface area contributed by atoms with Crippen LogP contribution in [0.4, 0.5) is 10.5 Å². The van der Waals surface area contributed by atoms with Crippen LogP contribution in [0.25, 0.3) is 0 Å². The summed E-state index contributed by atoms with van der Waals surface area (Å²) in [6.07, 6.45) is 3.68. The zero-order valence-electron chi connectivity index (χ0n) is 13.7. The third kappa shape index (κ3) is 4.33. The maximum Gasteiger partial charge on any atom is 0.321 e. The van der Waals surface area contributed by atoms with E-state index in [4.69, 9.17) is 0 Å². The number of benzene rings is 1. The minimum Gasteiger partial charge on any atom is -0.322 e. The summed E-state index contributed by atoms with van der Waals surface area (Å²) in [5.74, 6) is 0. The van der Waals surface area contributed by atoms with Gasteiger partial charge < -0.3 is 10.2 Å². The number of anilines is 1. The van der Waals surface area contributed by atoms with E-state index >= 15 is 0 Å². The molecule has 2 heterocycles. The molecule has 3 rings (SSSR count). The predicted molar refractivity (Wildman–Crippen MR) is 99.0 cm³/mol. The molecule has 0 saturated carbocycles. The summed E-state index contributed by atoms with van der Waals surface area (Å²) in [5, 5.41) is 2.97. The van der Waals surface area contributed by atoms with E-state index in [-0.39, 0.29) is 6.03 Å². The van der Waals surface area contributed by atoms with E-state index in [1.54, 1.807) is 6.20 Å². The Labute approximate surface area is 150 Å². The Bertz CT molecular complexity index is 699. The van der Waals surface area contributed by atoms with Crippen molar-refractivity contribution in [3.8, 4) is 0 Å². The Hall–Kier alpha value is -1.92. The fourth-order valence-corrected chi connectivity index (χ4v) is 3.11. The van der Waals surface area contributed by atoms with Gasteiger partial charge in [0.15, 0.2) is 0 Å². The van der Waals surface area contributed by atoms with E-state index in [2.05, 4.69) is 37.2 Å². The van der Waals surface area contributed by atoms with Crippen molar-refractivity contribution in [2.45, 2.75) is 13.5 Å². The molecule has 1 fully saturated rings. The maximum atomic E-state index is 12.4. The number of rotatable bonds is 3. The van der Waals surface area contributed by atoms with Crippen LogP contribution in [0.5, 0.6) is 0 Å². The number of amides is 2. The fraction of sp³-hybridized carbons (Fsp3) is 0.333. The van der Waals surface area contributed by atoms with Gasteiger partial charge in [0.25, 0.3) is 0 Å². The lowest BCUT2D eigenvalue weighted by Gasteiger charge is -2.34. The van der Waals surface area contributed by atoms with Crippen LogP contribution in [0.15, 0.2) is 47.2 Å². The number of piperazine rings is 1. The second-order valence-electron chi connectivity index (χ2n) is 6.02. The van der Waals surface area contributed by atoms with Gasteiger partial charge in [-0.1, -0.05) is 28.1 Å². The fourth-order valence-electron chi connectivity index (χ4n) is 2.73. The summed E-state index contributed by atoms with van der Waals surface area (Å²) < 4.78 is 1.00. The molecule has 2 amide bonds. The zero-order valence-corrected chi connectivity index (χ0v) is 15.3. The van der Waals surface area contributed by atoms with E-state index in [0.717, 1.165) is 48.4 Å². The van der Waals surface area contributed by atoms with Crippen LogP contribution in [0.3, 0.4) is 0 Å².